The van der Waals surface area contributed by atoms with Gasteiger partial charge in [0.05, 0.1) is 17.9 Å². The second-order valence-corrected chi connectivity index (χ2v) is 13.4. The number of unbranched alkanes of at least 4 members (excludes halogenated alkanes) is 2. The van der Waals surface area contributed by atoms with Crippen molar-refractivity contribution in [2.45, 2.75) is 55.0 Å². The van der Waals surface area contributed by atoms with Gasteiger partial charge in [-0.25, -0.2) is 4.98 Å². The zero-order valence-electron chi connectivity index (χ0n) is 22.6. The quantitative estimate of drug-likeness (QED) is 0.106. The fourth-order valence-electron chi connectivity index (χ4n) is 4.33. The molecule has 2 atom stereocenters. The van der Waals surface area contributed by atoms with Gasteiger partial charge in [-0.2, -0.15) is 8.42 Å². The Hall–Kier alpha value is -2.45. The highest BCUT2D eigenvalue weighted by molar-refractivity contribution is 8.01. The maximum atomic E-state index is 12.4. The van der Waals surface area contributed by atoms with Crippen LogP contribution in [-0.2, 0) is 14.9 Å². The van der Waals surface area contributed by atoms with E-state index in [1.54, 1.807) is 5.38 Å². The first kappa shape index (κ1) is 32.1. The predicted molar refractivity (Wildman–Crippen MR) is 160 cm³/mol. The number of carbonyl (C=O) groups excluding carboxylic acids is 2. The molecule has 220 valence electrons. The Morgan fingerprint density at radius 3 is 2.83 bits per heavy atom. The molecule has 3 rings (SSSR count). The minimum atomic E-state index is -4.14. The number of nitrogens with zero attached hydrogens (tertiary/aromatic N) is 3. The van der Waals surface area contributed by atoms with Crippen molar-refractivity contribution in [1.29, 1.82) is 0 Å². The van der Waals surface area contributed by atoms with E-state index in [1.807, 2.05) is 35.3 Å². The van der Waals surface area contributed by atoms with E-state index in [-0.39, 0.29) is 24.2 Å². The van der Waals surface area contributed by atoms with Gasteiger partial charge in [0, 0.05) is 49.9 Å². The van der Waals surface area contributed by atoms with Crippen LogP contribution in [0.1, 0.15) is 49.0 Å². The Kier molecular flexibility index (Phi) is 12.9. The Morgan fingerprint density at radius 1 is 1.30 bits per heavy atom. The average molecular weight is 611 g/mol. The molecular formula is C27H38N4O6S3. The highest BCUT2D eigenvalue weighted by atomic mass is 32.2. The highest BCUT2D eigenvalue weighted by Gasteiger charge is 2.28. The summed E-state index contributed by atoms with van der Waals surface area (Å²) in [5, 5.41) is 14.4. The number of hydrogen-bond donors (Lipinski definition) is 3. The van der Waals surface area contributed by atoms with Crippen molar-refractivity contribution in [2.24, 2.45) is 0 Å². The molecule has 1 aliphatic rings. The van der Waals surface area contributed by atoms with Gasteiger partial charge in [0.1, 0.15) is 5.69 Å². The number of thioether (sulfide) groups is 1. The van der Waals surface area contributed by atoms with Gasteiger partial charge in [-0.3, -0.25) is 14.1 Å². The number of nitrogens with one attached hydrogen (secondary N) is 1. The molecule has 1 aromatic heterocycles. The zero-order chi connectivity index (χ0) is 29.0. The van der Waals surface area contributed by atoms with Gasteiger partial charge in [-0.15, -0.1) is 11.3 Å². The van der Waals surface area contributed by atoms with Gasteiger partial charge in [-0.05, 0) is 31.4 Å². The first-order valence-corrected chi connectivity index (χ1v) is 16.8. The van der Waals surface area contributed by atoms with Gasteiger partial charge >= 0.3 is 0 Å². The molecule has 40 heavy (non-hydrogen) atoms. The topological polar surface area (TPSA) is 140 Å². The summed E-state index contributed by atoms with van der Waals surface area (Å²) in [4.78, 5) is 32.8. The SMILES string of the molecule is CN(CCCCC[C@H](O)/C=C/[C@H]1CCC(=O)N1CCSc1nc(C(=O)NCCS(=O)(=O)O)cs1)c1ccccc1. The normalized spacial score (nSPS) is 16.5. The largest absolute Gasteiger partial charge is 0.389 e. The summed E-state index contributed by atoms with van der Waals surface area (Å²) in [5.74, 6) is -0.378. The lowest BCUT2D eigenvalue weighted by Crippen LogP contribution is -2.33. The van der Waals surface area contributed by atoms with Crippen molar-refractivity contribution < 1.29 is 27.7 Å². The monoisotopic (exact) mass is 610 g/mol. The fraction of sp³-hybridized carbons (Fsp3) is 0.519. The van der Waals surface area contributed by atoms with Gasteiger partial charge < -0.3 is 20.2 Å². The number of carbonyl (C=O) groups is 2. The summed E-state index contributed by atoms with van der Waals surface area (Å²) in [6, 6.07) is 10.2. The third-order valence-corrected chi connectivity index (χ3v) is 9.26. The van der Waals surface area contributed by atoms with Gasteiger partial charge in [0.15, 0.2) is 4.34 Å². The number of hydrogen-bond acceptors (Lipinski definition) is 9. The molecular weight excluding hydrogens is 573 g/mol. The van der Waals surface area contributed by atoms with E-state index in [9.17, 15) is 23.1 Å². The molecule has 0 radical (unpaired) electrons. The maximum Gasteiger partial charge on any atom is 0.270 e. The van der Waals surface area contributed by atoms with E-state index in [0.717, 1.165) is 32.2 Å². The summed E-state index contributed by atoms with van der Waals surface area (Å²) in [6.07, 6.45) is 8.16. The molecule has 0 spiro atoms. The number of benzene rings is 1. The molecule has 1 fully saturated rings. The van der Waals surface area contributed by atoms with Crippen molar-refractivity contribution in [3.8, 4) is 0 Å². The lowest BCUT2D eigenvalue weighted by atomic mass is 10.1. The Bertz CT molecular complexity index is 1220. The summed E-state index contributed by atoms with van der Waals surface area (Å²) in [5.41, 5.74) is 1.38. The van der Waals surface area contributed by atoms with Gasteiger partial charge in [0.25, 0.3) is 16.0 Å². The van der Waals surface area contributed by atoms with E-state index in [2.05, 4.69) is 34.4 Å². The average Bonchev–Trinajstić information content (AvgIpc) is 3.53. The number of rotatable bonds is 17. The first-order valence-electron chi connectivity index (χ1n) is 13.4. The lowest BCUT2D eigenvalue weighted by molar-refractivity contribution is -0.128. The number of aliphatic hydroxyl groups is 1. The molecule has 13 heteroatoms. The van der Waals surface area contributed by atoms with Crippen LogP contribution in [0.5, 0.6) is 0 Å². The number of aliphatic hydroxyl groups excluding tert-OH is 1. The minimum Gasteiger partial charge on any atom is -0.389 e. The molecule has 2 amide bonds. The molecule has 0 unspecified atom stereocenters. The van der Waals surface area contributed by atoms with Crippen LogP contribution < -0.4 is 10.2 Å². The molecule has 2 heterocycles. The number of anilines is 1. The molecule has 2 aromatic rings. The number of thiazole rings is 1. The standard InChI is InChI=1S/C27H38N4O6S3/c1-30(21-8-4-2-5-9-21)16-7-3-6-10-23(32)13-11-22-12-14-25(33)31(22)17-18-38-27-29-24(20-39-27)26(34)28-15-19-40(35,36)37/h2,4-5,8-9,11,13,20,22-23,32H,3,6-7,10,12,14-19H2,1H3,(H,28,34)(H,35,36,37)/b13-11+/t22-,23-/m0/s1. The van der Waals surface area contributed by atoms with Crippen molar-refractivity contribution in [3.05, 3.63) is 53.6 Å². The molecule has 10 nitrogen and oxygen atoms in total. The highest BCUT2D eigenvalue weighted by Crippen LogP contribution is 2.25. The van der Waals surface area contributed by atoms with Crippen LogP contribution in [0.3, 0.4) is 0 Å². The van der Waals surface area contributed by atoms with Crippen molar-refractivity contribution in [3.63, 3.8) is 0 Å². The molecule has 0 bridgehead atoms. The van der Waals surface area contributed by atoms with Crippen LogP contribution in [0.25, 0.3) is 0 Å². The van der Waals surface area contributed by atoms with Crippen molar-refractivity contribution >= 4 is 50.7 Å². The van der Waals surface area contributed by atoms with Gasteiger partial charge in [0.2, 0.25) is 5.91 Å². The number of para-hydroxylation sites is 1. The van der Waals surface area contributed by atoms with Gasteiger partial charge in [-0.1, -0.05) is 55.0 Å². The first-order chi connectivity index (χ1) is 19.1. The van der Waals surface area contributed by atoms with Crippen LogP contribution in [0.2, 0.25) is 0 Å². The molecule has 0 saturated carbocycles. The Balaban J connectivity index is 1.34. The van der Waals surface area contributed by atoms with Crippen LogP contribution >= 0.6 is 23.1 Å². The lowest BCUT2D eigenvalue weighted by Gasteiger charge is -2.22. The van der Waals surface area contributed by atoms with E-state index in [0.29, 0.717) is 29.5 Å². The summed E-state index contributed by atoms with van der Waals surface area (Å²) in [6.45, 7) is 1.29. The number of amides is 2. The number of aromatic nitrogens is 1. The van der Waals surface area contributed by atoms with E-state index < -0.39 is 27.9 Å². The molecule has 3 N–H and O–H groups in total. The minimum absolute atomic E-state index is 0.0392. The molecule has 1 saturated heterocycles. The summed E-state index contributed by atoms with van der Waals surface area (Å²) in [7, 11) is -2.05. The fourth-order valence-corrected chi connectivity index (χ4v) is 6.51. The van der Waals surface area contributed by atoms with Crippen molar-refractivity contribution in [2.75, 3.05) is 43.1 Å². The van der Waals surface area contributed by atoms with E-state index in [1.165, 1.54) is 28.8 Å². The summed E-state index contributed by atoms with van der Waals surface area (Å²) >= 11 is 2.74. The predicted octanol–water partition coefficient (Wildman–Crippen LogP) is 3.46. The van der Waals surface area contributed by atoms with Crippen LogP contribution in [0, 0.1) is 0 Å². The third-order valence-electron chi connectivity index (χ3n) is 6.54. The molecule has 1 aromatic carbocycles. The van der Waals surface area contributed by atoms with Crippen LogP contribution in [0.4, 0.5) is 5.69 Å². The van der Waals surface area contributed by atoms with E-state index >= 15 is 0 Å². The van der Waals surface area contributed by atoms with Crippen LogP contribution in [-0.4, -0.2) is 90.1 Å². The maximum absolute atomic E-state index is 12.4. The molecule has 1 aliphatic heterocycles. The number of likely N-dealkylation sites (tertiary alicyclic amines) is 1. The zero-order valence-corrected chi connectivity index (χ0v) is 25.1. The smallest absolute Gasteiger partial charge is 0.270 e. The second-order valence-electron chi connectivity index (χ2n) is 9.64. The Morgan fingerprint density at radius 2 is 2.08 bits per heavy atom. The van der Waals surface area contributed by atoms with Crippen molar-refractivity contribution in [1.82, 2.24) is 15.2 Å². The second kappa shape index (κ2) is 16.1. The van der Waals surface area contributed by atoms with Crippen LogP contribution in [0.15, 0.2) is 52.2 Å². The third kappa shape index (κ3) is 11.2. The van der Waals surface area contributed by atoms with E-state index in [4.69, 9.17) is 4.55 Å². The summed E-state index contributed by atoms with van der Waals surface area (Å²) < 4.78 is 30.9. The Labute approximate surface area is 244 Å². The molecule has 0 aliphatic carbocycles.